The van der Waals surface area contributed by atoms with Crippen molar-refractivity contribution in [1.82, 2.24) is 0 Å². The van der Waals surface area contributed by atoms with Gasteiger partial charge in [-0.15, -0.1) is 12.1 Å². The fraction of sp³-hybridized carbons (Fsp3) is 1.00. The van der Waals surface area contributed by atoms with Gasteiger partial charge < -0.3 is 10.6 Å². The number of nitrogens with zero attached hydrogens (tertiary/aromatic N) is 2. The van der Waals surface area contributed by atoms with Crippen molar-refractivity contribution in [2.45, 2.75) is 128 Å². The Kier molecular flexibility index (Phi) is 12.9. The molecule has 0 amide bonds. The van der Waals surface area contributed by atoms with Gasteiger partial charge in [-0.05, 0) is 11.8 Å². The molecule has 158 valence electrons. The second kappa shape index (κ2) is 14.3. The maximum atomic E-state index is 5.39. The Morgan fingerprint density at radius 3 is 1.44 bits per heavy atom. The van der Waals surface area contributed by atoms with Gasteiger partial charge in [-0.3, -0.25) is 0 Å². The summed E-state index contributed by atoms with van der Waals surface area (Å²) in [6.07, 6.45) is 19.2. The zero-order valence-electron chi connectivity index (χ0n) is 17.5. The molecule has 2 nitrogen and oxygen atoms in total. The topological polar surface area (TPSA) is 28.2 Å². The van der Waals surface area contributed by atoms with E-state index in [-0.39, 0.29) is 0 Å². The summed E-state index contributed by atoms with van der Waals surface area (Å²) in [5, 5.41) is 10.8. The first-order valence-electron chi connectivity index (χ1n) is 11.6. The molecule has 3 fully saturated rings. The zero-order valence-corrected chi connectivity index (χ0v) is 20.6. The second-order valence-corrected chi connectivity index (χ2v) is 11.6. The van der Waals surface area contributed by atoms with Crippen molar-refractivity contribution in [3.05, 3.63) is 10.6 Å². The summed E-state index contributed by atoms with van der Waals surface area (Å²) in [6, 6.07) is 2.42. The van der Waals surface area contributed by atoms with E-state index < -0.39 is 17.0 Å². The molecule has 27 heavy (non-hydrogen) atoms. The van der Waals surface area contributed by atoms with Crippen molar-refractivity contribution >= 4 is 18.6 Å². The third-order valence-corrected chi connectivity index (χ3v) is 7.16. The Balaban J connectivity index is 0.000000817. The molecular weight excluding hydrogens is 411 g/mol. The SMILES string of the molecule is CCC1CCCC([N-]C2CCCCC2[N-]C2CCCC(CC)C2)C1.[Cl][Ti][Cl]. The van der Waals surface area contributed by atoms with Crippen LogP contribution in [0.5, 0.6) is 0 Å². The molecule has 3 aliphatic carbocycles. The molecule has 0 radical (unpaired) electrons. The first kappa shape index (κ1) is 24.5. The fourth-order valence-electron chi connectivity index (χ4n) is 5.52. The van der Waals surface area contributed by atoms with E-state index in [0.29, 0.717) is 24.2 Å². The van der Waals surface area contributed by atoms with E-state index in [4.69, 9.17) is 29.2 Å². The van der Waals surface area contributed by atoms with E-state index in [1.807, 2.05) is 0 Å². The van der Waals surface area contributed by atoms with Crippen molar-refractivity contribution in [3.63, 3.8) is 0 Å². The van der Waals surface area contributed by atoms with Gasteiger partial charge in [-0.1, -0.05) is 104 Å². The summed E-state index contributed by atoms with van der Waals surface area (Å²) < 4.78 is 0. The van der Waals surface area contributed by atoms with E-state index in [9.17, 15) is 0 Å². The zero-order chi connectivity index (χ0) is 19.5. The van der Waals surface area contributed by atoms with Crippen LogP contribution >= 0.6 is 18.6 Å². The van der Waals surface area contributed by atoms with E-state index in [1.165, 1.54) is 89.9 Å². The van der Waals surface area contributed by atoms with Crippen LogP contribution in [0, 0.1) is 11.8 Å². The second-order valence-electron chi connectivity index (χ2n) is 8.98. The van der Waals surface area contributed by atoms with Gasteiger partial charge in [0, 0.05) is 0 Å². The summed E-state index contributed by atoms with van der Waals surface area (Å²) in [5.41, 5.74) is 0. The van der Waals surface area contributed by atoms with Crippen molar-refractivity contribution in [2.75, 3.05) is 0 Å². The van der Waals surface area contributed by atoms with E-state index >= 15 is 0 Å². The maximum absolute atomic E-state index is 5.39. The molecule has 0 saturated heterocycles. The molecule has 0 aliphatic heterocycles. The van der Waals surface area contributed by atoms with Gasteiger partial charge >= 0.3 is 35.6 Å². The third kappa shape index (κ3) is 8.85. The Bertz CT molecular complexity index is 351. The van der Waals surface area contributed by atoms with Crippen molar-refractivity contribution in [1.29, 1.82) is 0 Å². The predicted octanol–water partition coefficient (Wildman–Crippen LogP) is 8.36. The Morgan fingerprint density at radius 2 is 1.07 bits per heavy atom. The monoisotopic (exact) mass is 450 g/mol. The van der Waals surface area contributed by atoms with Gasteiger partial charge in [-0.2, -0.15) is 12.1 Å². The average molecular weight is 451 g/mol. The summed E-state index contributed by atoms with van der Waals surface area (Å²) in [6.45, 7) is 4.72. The van der Waals surface area contributed by atoms with Crippen LogP contribution < -0.4 is 0 Å². The van der Waals surface area contributed by atoms with E-state index in [0.717, 1.165) is 11.8 Å². The standard InChI is InChI=1S/C22H40N2.2ClH.Ti/c1-3-17-9-7-11-19(15-17)23-21-13-5-6-14-22(21)24-20-12-8-10-18(4-2)16-20;;;/h17-22H,3-16H2,1-2H3;2*1H;/q-2;;;+2/p-2. The molecule has 3 rings (SSSR count). The molecule has 3 saturated carbocycles. The normalized spacial score (nSPS) is 37.2. The van der Waals surface area contributed by atoms with Crippen LogP contribution in [0.3, 0.4) is 0 Å². The summed E-state index contributed by atoms with van der Waals surface area (Å²) in [4.78, 5) is 0. The number of rotatable bonds is 6. The first-order valence-corrected chi connectivity index (χ1v) is 15.9. The van der Waals surface area contributed by atoms with Crippen LogP contribution in [0.4, 0.5) is 0 Å². The van der Waals surface area contributed by atoms with Crippen LogP contribution in [-0.4, -0.2) is 24.2 Å². The van der Waals surface area contributed by atoms with Crippen molar-refractivity contribution in [3.8, 4) is 0 Å². The van der Waals surface area contributed by atoms with Gasteiger partial charge in [0.05, 0.1) is 0 Å². The van der Waals surface area contributed by atoms with Crippen molar-refractivity contribution < 1.29 is 17.0 Å². The number of hydrogen-bond donors (Lipinski definition) is 0. The fourth-order valence-corrected chi connectivity index (χ4v) is 5.52. The molecule has 0 spiro atoms. The minimum atomic E-state index is -0.556. The summed E-state index contributed by atoms with van der Waals surface area (Å²) >= 11 is -0.556. The summed E-state index contributed by atoms with van der Waals surface area (Å²) in [5.74, 6) is 1.88. The molecule has 6 atom stereocenters. The number of hydrogen-bond acceptors (Lipinski definition) is 0. The van der Waals surface area contributed by atoms with Crippen LogP contribution in [0.2, 0.25) is 0 Å². The van der Waals surface area contributed by atoms with Crippen LogP contribution in [0.15, 0.2) is 0 Å². The molecule has 3 aliphatic rings. The van der Waals surface area contributed by atoms with Gasteiger partial charge in [0.25, 0.3) is 0 Å². The van der Waals surface area contributed by atoms with Crippen molar-refractivity contribution in [2.24, 2.45) is 11.8 Å². The number of halogens is 2. The molecule has 0 N–H and O–H groups in total. The minimum absolute atomic E-state index is 0.556. The molecule has 0 heterocycles. The Hall–Kier alpha value is 1.21. The van der Waals surface area contributed by atoms with Crippen LogP contribution in [-0.2, 0) is 17.0 Å². The molecule has 5 heteroatoms. The predicted molar refractivity (Wildman–Crippen MR) is 117 cm³/mol. The van der Waals surface area contributed by atoms with Gasteiger partial charge in [0.2, 0.25) is 0 Å². The quantitative estimate of drug-likeness (QED) is 0.363. The molecule has 6 unspecified atom stereocenters. The molecule has 0 aromatic rings. The molecule has 0 aromatic heterocycles. The third-order valence-electron chi connectivity index (χ3n) is 7.16. The Labute approximate surface area is 185 Å². The van der Waals surface area contributed by atoms with E-state index in [1.54, 1.807) is 0 Å². The first-order chi connectivity index (χ1) is 13.2. The summed E-state index contributed by atoms with van der Waals surface area (Å²) in [7, 11) is 9.78. The van der Waals surface area contributed by atoms with Gasteiger partial charge in [0.1, 0.15) is 0 Å². The van der Waals surface area contributed by atoms with E-state index in [2.05, 4.69) is 13.8 Å². The van der Waals surface area contributed by atoms with Crippen LogP contribution in [0.25, 0.3) is 10.6 Å². The Morgan fingerprint density at radius 1 is 0.667 bits per heavy atom. The molecular formula is C22H40Cl2N2Ti-2. The van der Waals surface area contributed by atoms with Crippen LogP contribution in [0.1, 0.15) is 104 Å². The molecule has 0 aromatic carbocycles. The average Bonchev–Trinajstić information content (AvgIpc) is 2.70. The molecule has 0 bridgehead atoms. The van der Waals surface area contributed by atoms with Gasteiger partial charge in [-0.25, -0.2) is 0 Å². The van der Waals surface area contributed by atoms with Gasteiger partial charge in [0.15, 0.2) is 0 Å².